The number of carbonyl (C=O) groups excluding carboxylic acids is 1. The number of benzene rings is 3. The van der Waals surface area contributed by atoms with Crippen molar-refractivity contribution in [2.75, 3.05) is 19.8 Å². The van der Waals surface area contributed by atoms with Gasteiger partial charge in [0.25, 0.3) is 5.91 Å². The SMILES string of the molecule is O=C(COc1ccc2ccccc2c1)NCCOc1ccc2nnc(-c3cccc(F)c3)n2n1. The molecule has 1 amide bonds. The minimum absolute atomic E-state index is 0.0970. The van der Waals surface area contributed by atoms with Crippen molar-refractivity contribution >= 4 is 22.3 Å². The second kappa shape index (κ2) is 9.53. The highest BCUT2D eigenvalue weighted by molar-refractivity contribution is 5.84. The number of aromatic nitrogens is 4. The smallest absolute Gasteiger partial charge is 0.258 e. The van der Waals surface area contributed by atoms with E-state index in [0.717, 1.165) is 10.8 Å². The standard InChI is InChI=1S/C25H20FN5O3/c26-20-7-3-6-19(14-20)25-29-28-22-10-11-24(30-31(22)25)33-13-12-27-23(32)16-34-21-9-8-17-4-1-2-5-18(17)15-21/h1-11,14-15H,12-13,16H2,(H,27,32). The van der Waals surface area contributed by atoms with Crippen LogP contribution in [-0.2, 0) is 4.79 Å². The summed E-state index contributed by atoms with van der Waals surface area (Å²) in [5.41, 5.74) is 1.06. The molecule has 0 saturated heterocycles. The average molecular weight is 457 g/mol. The summed E-state index contributed by atoms with van der Waals surface area (Å²) < 4.78 is 26.3. The minimum atomic E-state index is -0.373. The van der Waals surface area contributed by atoms with Crippen molar-refractivity contribution in [1.82, 2.24) is 25.1 Å². The number of amides is 1. The topological polar surface area (TPSA) is 90.6 Å². The molecule has 34 heavy (non-hydrogen) atoms. The van der Waals surface area contributed by atoms with E-state index in [1.165, 1.54) is 16.6 Å². The molecule has 2 aromatic heterocycles. The van der Waals surface area contributed by atoms with E-state index in [-0.39, 0.29) is 31.5 Å². The number of nitrogens with one attached hydrogen (secondary N) is 1. The molecule has 8 nitrogen and oxygen atoms in total. The Bertz CT molecular complexity index is 1470. The molecule has 0 radical (unpaired) electrons. The number of halogens is 1. The average Bonchev–Trinajstić information content (AvgIpc) is 3.28. The minimum Gasteiger partial charge on any atom is -0.484 e. The summed E-state index contributed by atoms with van der Waals surface area (Å²) in [7, 11) is 0. The van der Waals surface area contributed by atoms with E-state index < -0.39 is 0 Å². The molecule has 5 rings (SSSR count). The van der Waals surface area contributed by atoms with E-state index in [1.807, 2.05) is 42.5 Å². The van der Waals surface area contributed by atoms with Crippen molar-refractivity contribution < 1.29 is 18.7 Å². The van der Waals surface area contributed by atoms with E-state index >= 15 is 0 Å². The van der Waals surface area contributed by atoms with Gasteiger partial charge in [0.05, 0.1) is 6.54 Å². The van der Waals surface area contributed by atoms with E-state index in [9.17, 15) is 9.18 Å². The van der Waals surface area contributed by atoms with Crippen LogP contribution in [0.1, 0.15) is 0 Å². The highest BCUT2D eigenvalue weighted by Crippen LogP contribution is 2.21. The normalized spacial score (nSPS) is 11.0. The van der Waals surface area contributed by atoms with Gasteiger partial charge < -0.3 is 14.8 Å². The lowest BCUT2D eigenvalue weighted by Gasteiger charge is -2.09. The maximum absolute atomic E-state index is 13.6. The lowest BCUT2D eigenvalue weighted by molar-refractivity contribution is -0.123. The van der Waals surface area contributed by atoms with Crippen molar-refractivity contribution in [2.45, 2.75) is 0 Å². The number of carbonyl (C=O) groups is 1. The van der Waals surface area contributed by atoms with Gasteiger partial charge in [-0.1, -0.05) is 42.5 Å². The van der Waals surface area contributed by atoms with Gasteiger partial charge in [-0.15, -0.1) is 15.3 Å². The third-order valence-electron chi connectivity index (χ3n) is 5.09. The zero-order chi connectivity index (χ0) is 23.3. The predicted molar refractivity (Wildman–Crippen MR) is 124 cm³/mol. The van der Waals surface area contributed by atoms with E-state index in [2.05, 4.69) is 20.6 Å². The first-order chi connectivity index (χ1) is 16.7. The Labute approximate surface area is 194 Å². The fourth-order valence-electron chi connectivity index (χ4n) is 3.46. The van der Waals surface area contributed by atoms with Crippen LogP contribution in [0.4, 0.5) is 4.39 Å². The zero-order valence-electron chi connectivity index (χ0n) is 18.0. The molecule has 0 fully saturated rings. The summed E-state index contributed by atoms with van der Waals surface area (Å²) in [6.45, 7) is 0.385. The molecule has 5 aromatic rings. The van der Waals surface area contributed by atoms with Gasteiger partial charge in [-0.2, -0.15) is 4.52 Å². The summed E-state index contributed by atoms with van der Waals surface area (Å²) in [5.74, 6) is 0.728. The Morgan fingerprint density at radius 2 is 1.79 bits per heavy atom. The molecule has 0 bridgehead atoms. The first kappa shape index (κ1) is 21.3. The highest BCUT2D eigenvalue weighted by atomic mass is 19.1. The van der Waals surface area contributed by atoms with Gasteiger partial charge in [0.15, 0.2) is 18.1 Å². The Balaban J connectivity index is 1.13. The maximum Gasteiger partial charge on any atom is 0.258 e. The Kier molecular flexibility index (Phi) is 5.98. The first-order valence-electron chi connectivity index (χ1n) is 10.7. The Hall–Kier alpha value is -4.53. The second-order valence-corrected chi connectivity index (χ2v) is 7.47. The zero-order valence-corrected chi connectivity index (χ0v) is 18.0. The van der Waals surface area contributed by atoms with E-state index in [4.69, 9.17) is 9.47 Å². The molecule has 0 unspecified atom stereocenters. The van der Waals surface area contributed by atoms with Crippen LogP contribution < -0.4 is 14.8 Å². The number of hydrogen-bond donors (Lipinski definition) is 1. The second-order valence-electron chi connectivity index (χ2n) is 7.47. The fraction of sp³-hybridized carbons (Fsp3) is 0.120. The van der Waals surface area contributed by atoms with Crippen molar-refractivity contribution in [2.24, 2.45) is 0 Å². The van der Waals surface area contributed by atoms with Gasteiger partial charge in [-0.05, 0) is 41.1 Å². The van der Waals surface area contributed by atoms with Gasteiger partial charge in [0.2, 0.25) is 5.88 Å². The summed E-state index contributed by atoms with van der Waals surface area (Å²) in [4.78, 5) is 12.1. The van der Waals surface area contributed by atoms with Crippen LogP contribution in [0.5, 0.6) is 11.6 Å². The van der Waals surface area contributed by atoms with Crippen LogP contribution >= 0.6 is 0 Å². The molecule has 0 spiro atoms. The number of rotatable bonds is 8. The summed E-state index contributed by atoms with van der Waals surface area (Å²) in [5, 5.41) is 17.4. The van der Waals surface area contributed by atoms with Gasteiger partial charge >= 0.3 is 0 Å². The van der Waals surface area contributed by atoms with Crippen molar-refractivity contribution in [3.63, 3.8) is 0 Å². The van der Waals surface area contributed by atoms with Gasteiger partial charge in [-0.25, -0.2) is 4.39 Å². The molecule has 3 aromatic carbocycles. The fourth-order valence-corrected chi connectivity index (χ4v) is 3.46. The summed E-state index contributed by atoms with van der Waals surface area (Å²) in [6, 6.07) is 23.0. The van der Waals surface area contributed by atoms with E-state index in [0.29, 0.717) is 28.7 Å². The highest BCUT2D eigenvalue weighted by Gasteiger charge is 2.11. The van der Waals surface area contributed by atoms with Crippen molar-refractivity contribution in [1.29, 1.82) is 0 Å². The molecule has 2 heterocycles. The largest absolute Gasteiger partial charge is 0.484 e. The van der Waals surface area contributed by atoms with Crippen LogP contribution in [0.15, 0.2) is 78.9 Å². The molecule has 170 valence electrons. The molecule has 0 aliphatic rings. The molecular formula is C25H20FN5O3. The summed E-state index contributed by atoms with van der Waals surface area (Å²) in [6.07, 6.45) is 0. The predicted octanol–water partition coefficient (Wildman–Crippen LogP) is 3.66. The molecule has 0 saturated carbocycles. The molecule has 1 N–H and O–H groups in total. The lowest BCUT2D eigenvalue weighted by atomic mass is 10.1. The number of hydrogen-bond acceptors (Lipinski definition) is 6. The molecule has 0 aliphatic heterocycles. The van der Waals surface area contributed by atoms with E-state index in [1.54, 1.807) is 24.3 Å². The van der Waals surface area contributed by atoms with Crippen LogP contribution in [0, 0.1) is 5.82 Å². The van der Waals surface area contributed by atoms with Crippen LogP contribution in [0.25, 0.3) is 27.8 Å². The van der Waals surface area contributed by atoms with Crippen LogP contribution in [-0.4, -0.2) is 45.5 Å². The summed E-state index contributed by atoms with van der Waals surface area (Å²) >= 11 is 0. The van der Waals surface area contributed by atoms with Crippen LogP contribution in [0.3, 0.4) is 0 Å². The van der Waals surface area contributed by atoms with Crippen molar-refractivity contribution in [3.05, 3.63) is 84.7 Å². The third-order valence-corrected chi connectivity index (χ3v) is 5.09. The molecule has 0 atom stereocenters. The quantitative estimate of drug-likeness (QED) is 0.358. The number of ether oxygens (including phenoxy) is 2. The Morgan fingerprint density at radius 3 is 2.68 bits per heavy atom. The number of fused-ring (bicyclic) bond motifs is 2. The molecule has 0 aliphatic carbocycles. The van der Waals surface area contributed by atoms with Gasteiger partial charge in [-0.3, -0.25) is 4.79 Å². The maximum atomic E-state index is 13.6. The third kappa shape index (κ3) is 4.78. The first-order valence-corrected chi connectivity index (χ1v) is 10.7. The Morgan fingerprint density at radius 1 is 0.912 bits per heavy atom. The van der Waals surface area contributed by atoms with Gasteiger partial charge in [0, 0.05) is 11.6 Å². The monoisotopic (exact) mass is 457 g/mol. The van der Waals surface area contributed by atoms with Crippen molar-refractivity contribution in [3.8, 4) is 23.0 Å². The molecule has 9 heteroatoms. The lowest BCUT2D eigenvalue weighted by Crippen LogP contribution is -2.32. The van der Waals surface area contributed by atoms with Crippen LogP contribution in [0.2, 0.25) is 0 Å². The molecular weight excluding hydrogens is 437 g/mol. The van der Waals surface area contributed by atoms with Gasteiger partial charge in [0.1, 0.15) is 18.2 Å². The number of nitrogens with zero attached hydrogens (tertiary/aromatic N) is 4.